The van der Waals surface area contributed by atoms with E-state index < -0.39 is 26.6 Å². The van der Waals surface area contributed by atoms with Crippen LogP contribution in [-0.2, 0) is 24.1 Å². The number of anilines is 1. The van der Waals surface area contributed by atoms with Crippen LogP contribution in [0.5, 0.6) is 0 Å². The summed E-state index contributed by atoms with van der Waals surface area (Å²) in [6.07, 6.45) is 0. The van der Waals surface area contributed by atoms with Gasteiger partial charge in [-0.1, -0.05) is 23.4 Å². The van der Waals surface area contributed by atoms with Gasteiger partial charge < -0.3 is 0 Å². The van der Waals surface area contributed by atoms with Gasteiger partial charge in [-0.3, -0.25) is 13.9 Å². The Morgan fingerprint density at radius 1 is 0.938 bits per heavy atom. The Morgan fingerprint density at radius 2 is 1.56 bits per heavy atom. The largest absolute Gasteiger partial charge is 0.328 e. The molecule has 0 saturated heterocycles. The summed E-state index contributed by atoms with van der Waals surface area (Å²) in [6, 6.07) is 12.2. The second-order valence-electron chi connectivity index (χ2n) is 6.97. The van der Waals surface area contributed by atoms with E-state index in [9.17, 15) is 22.0 Å². The van der Waals surface area contributed by atoms with Crippen molar-refractivity contribution >= 4 is 50.1 Å². The molecule has 11 heteroatoms. The second kappa shape index (κ2) is 8.27. The number of nitrogens with zero attached hydrogens (tertiary/aromatic N) is 2. The minimum Gasteiger partial charge on any atom is -0.295 e. The summed E-state index contributed by atoms with van der Waals surface area (Å²) in [4.78, 5) is 12.8. The minimum atomic E-state index is -4.47. The summed E-state index contributed by atoms with van der Waals surface area (Å²) in [6.45, 7) is 0. The van der Waals surface area contributed by atoms with E-state index in [0.29, 0.717) is 27.0 Å². The number of fused-ring (bicyclic) bond motifs is 1. The Hall–Kier alpha value is -2.82. The van der Waals surface area contributed by atoms with Gasteiger partial charge in [-0.15, -0.1) is 0 Å². The molecule has 32 heavy (non-hydrogen) atoms. The predicted molar refractivity (Wildman–Crippen MR) is 121 cm³/mol. The van der Waals surface area contributed by atoms with Crippen LogP contribution < -0.4 is 10.4 Å². The molecule has 1 N–H and O–H groups in total. The van der Waals surface area contributed by atoms with Crippen molar-refractivity contribution in [1.29, 1.82) is 0 Å². The van der Waals surface area contributed by atoms with E-state index in [1.54, 1.807) is 44.4 Å². The van der Waals surface area contributed by atoms with Crippen molar-refractivity contribution in [2.24, 2.45) is 14.1 Å². The van der Waals surface area contributed by atoms with Crippen LogP contribution in [-0.4, -0.2) is 17.6 Å². The fourth-order valence-corrected chi connectivity index (χ4v) is 5.47. The van der Waals surface area contributed by atoms with E-state index >= 15 is 0 Å². The third-order valence-electron chi connectivity index (χ3n) is 4.84. The van der Waals surface area contributed by atoms with Gasteiger partial charge >= 0.3 is 5.69 Å². The van der Waals surface area contributed by atoms with Crippen LogP contribution >= 0.6 is 23.4 Å². The number of nitrogens with one attached hydrogen (secondary N) is 1. The molecule has 1 aromatic heterocycles. The highest BCUT2D eigenvalue weighted by Gasteiger charge is 2.23. The van der Waals surface area contributed by atoms with Crippen molar-refractivity contribution in [1.82, 2.24) is 9.13 Å². The van der Waals surface area contributed by atoms with Gasteiger partial charge in [0.05, 0.1) is 16.7 Å². The topological polar surface area (TPSA) is 73.1 Å². The highest BCUT2D eigenvalue weighted by Crippen LogP contribution is 2.37. The monoisotopic (exact) mass is 495 g/mol. The SMILES string of the molecule is Cn1c(=O)n(C)c2cc(Sc3ccc(Cl)cc3)c(NS(=O)(=O)c3cc(F)ccc3F)cc21. The van der Waals surface area contributed by atoms with Crippen LogP contribution in [0.2, 0.25) is 5.02 Å². The first-order valence-electron chi connectivity index (χ1n) is 9.17. The average Bonchev–Trinajstić information content (AvgIpc) is 2.95. The third kappa shape index (κ3) is 4.13. The van der Waals surface area contributed by atoms with Crippen molar-refractivity contribution < 1.29 is 17.2 Å². The molecule has 166 valence electrons. The smallest absolute Gasteiger partial charge is 0.295 e. The molecule has 1 heterocycles. The van der Waals surface area contributed by atoms with Crippen molar-refractivity contribution in [3.8, 4) is 0 Å². The summed E-state index contributed by atoms with van der Waals surface area (Å²) in [5, 5.41) is 0.540. The van der Waals surface area contributed by atoms with Crippen molar-refractivity contribution in [3.05, 3.63) is 81.7 Å². The number of aryl methyl sites for hydroxylation is 2. The molecule has 0 bridgehead atoms. The zero-order valence-electron chi connectivity index (χ0n) is 16.8. The molecule has 0 aliphatic rings. The van der Waals surface area contributed by atoms with Crippen molar-refractivity contribution in [2.45, 2.75) is 14.7 Å². The lowest BCUT2D eigenvalue weighted by Gasteiger charge is -2.14. The molecule has 4 aromatic rings. The molecule has 0 saturated carbocycles. The Labute approximate surface area is 191 Å². The molecule has 0 aliphatic carbocycles. The van der Waals surface area contributed by atoms with Crippen LogP contribution in [0.25, 0.3) is 11.0 Å². The lowest BCUT2D eigenvalue weighted by Crippen LogP contribution is -2.19. The molecular formula is C21H16ClF2N3O3S2. The van der Waals surface area contributed by atoms with Gasteiger partial charge in [-0.25, -0.2) is 22.0 Å². The number of hydrogen-bond acceptors (Lipinski definition) is 4. The maximum Gasteiger partial charge on any atom is 0.328 e. The van der Waals surface area contributed by atoms with E-state index in [4.69, 9.17) is 11.6 Å². The summed E-state index contributed by atoms with van der Waals surface area (Å²) in [5.74, 6) is -1.97. The van der Waals surface area contributed by atoms with E-state index in [1.807, 2.05) is 0 Å². The normalized spacial score (nSPS) is 11.8. The molecule has 0 amide bonds. The Bertz CT molecular complexity index is 1510. The van der Waals surface area contributed by atoms with Crippen LogP contribution in [0.15, 0.2) is 74.1 Å². The van der Waals surface area contributed by atoms with E-state index in [0.717, 1.165) is 17.0 Å². The number of imidazole rings is 1. The lowest BCUT2D eigenvalue weighted by molar-refractivity contribution is 0.555. The van der Waals surface area contributed by atoms with Crippen LogP contribution in [0.4, 0.5) is 14.5 Å². The van der Waals surface area contributed by atoms with Gasteiger partial charge in [0, 0.05) is 28.9 Å². The lowest BCUT2D eigenvalue weighted by atomic mass is 10.3. The molecule has 0 unspecified atom stereocenters. The van der Waals surface area contributed by atoms with Gasteiger partial charge in [0.1, 0.15) is 16.5 Å². The van der Waals surface area contributed by atoms with Gasteiger partial charge in [0.15, 0.2) is 0 Å². The zero-order valence-corrected chi connectivity index (χ0v) is 19.2. The Balaban J connectivity index is 1.87. The number of rotatable bonds is 5. The highest BCUT2D eigenvalue weighted by molar-refractivity contribution is 7.99. The quantitative estimate of drug-likeness (QED) is 0.433. The first kappa shape index (κ1) is 22.4. The van der Waals surface area contributed by atoms with Gasteiger partial charge in [0.25, 0.3) is 10.0 Å². The molecular weight excluding hydrogens is 480 g/mol. The van der Waals surface area contributed by atoms with Crippen molar-refractivity contribution in [3.63, 3.8) is 0 Å². The summed E-state index contributed by atoms with van der Waals surface area (Å²) >= 11 is 7.17. The molecule has 0 spiro atoms. The molecule has 6 nitrogen and oxygen atoms in total. The molecule has 4 rings (SSSR count). The number of benzene rings is 3. The predicted octanol–water partition coefficient (Wildman–Crippen LogP) is 4.76. The summed E-state index contributed by atoms with van der Waals surface area (Å²) in [7, 11) is -1.31. The van der Waals surface area contributed by atoms with Gasteiger partial charge in [-0.2, -0.15) is 0 Å². The number of sulfonamides is 1. The fourth-order valence-electron chi connectivity index (χ4n) is 3.20. The molecule has 0 radical (unpaired) electrons. The third-order valence-corrected chi connectivity index (χ3v) is 7.54. The molecule has 3 aromatic carbocycles. The maximum atomic E-state index is 14.2. The molecule has 0 aliphatic heterocycles. The first-order valence-corrected chi connectivity index (χ1v) is 11.9. The zero-order chi connectivity index (χ0) is 23.2. The maximum absolute atomic E-state index is 14.2. The molecule has 0 fully saturated rings. The highest BCUT2D eigenvalue weighted by atomic mass is 35.5. The number of halogens is 3. The van der Waals surface area contributed by atoms with E-state index in [1.165, 1.54) is 27.0 Å². The first-order chi connectivity index (χ1) is 15.1. The van der Waals surface area contributed by atoms with E-state index in [-0.39, 0.29) is 11.4 Å². The van der Waals surface area contributed by atoms with Crippen LogP contribution in [0.1, 0.15) is 0 Å². The van der Waals surface area contributed by atoms with Gasteiger partial charge in [-0.05, 0) is 54.6 Å². The molecule has 0 atom stereocenters. The van der Waals surface area contributed by atoms with Gasteiger partial charge in [0.2, 0.25) is 0 Å². The fraction of sp³-hybridized carbons (Fsp3) is 0.0952. The average molecular weight is 496 g/mol. The standard InChI is InChI=1S/C21H16ClF2N3O3S2/c1-26-17-10-16(25-32(29,30)20-9-13(23)5-8-15(20)24)19(11-18(17)27(2)21(26)28)31-14-6-3-12(22)4-7-14/h3-11,25H,1-2H3. The Kier molecular flexibility index (Phi) is 5.78. The number of aromatic nitrogens is 2. The van der Waals surface area contributed by atoms with Crippen LogP contribution in [0.3, 0.4) is 0 Å². The minimum absolute atomic E-state index is 0.113. The Morgan fingerprint density at radius 3 is 2.22 bits per heavy atom. The summed E-state index contributed by atoms with van der Waals surface area (Å²) < 4.78 is 58.7. The second-order valence-corrected chi connectivity index (χ2v) is 10.2. The summed E-state index contributed by atoms with van der Waals surface area (Å²) in [5.41, 5.74) is 0.866. The van der Waals surface area contributed by atoms with Crippen LogP contribution in [0, 0.1) is 11.6 Å². The number of hydrogen-bond donors (Lipinski definition) is 1. The van der Waals surface area contributed by atoms with Crippen molar-refractivity contribution in [2.75, 3.05) is 4.72 Å². The van der Waals surface area contributed by atoms with E-state index in [2.05, 4.69) is 4.72 Å².